The number of quaternary nitrogens is 1. The average Bonchev–Trinajstić information content (AvgIpc) is 1.96. The summed E-state index contributed by atoms with van der Waals surface area (Å²) in [6.07, 6.45) is 0. The molecule has 1 rings (SSSR count). The molecule has 2 nitrogen and oxygen atoms in total. The summed E-state index contributed by atoms with van der Waals surface area (Å²) in [6.45, 7) is 8.76. The van der Waals surface area contributed by atoms with Gasteiger partial charge in [0.25, 0.3) is 0 Å². The summed E-state index contributed by atoms with van der Waals surface area (Å²) < 4.78 is 1.27. The molecule has 0 bridgehead atoms. The monoisotopic (exact) mass is 270 g/mol. The van der Waals surface area contributed by atoms with Crippen molar-refractivity contribution in [1.29, 1.82) is 0 Å². The molecule has 0 aromatic rings. The molecule has 0 spiro atoms. The lowest BCUT2D eigenvalue weighted by Gasteiger charge is -2.40. The molecule has 3 heteroatoms. The fourth-order valence-corrected chi connectivity index (χ4v) is 1.36. The van der Waals surface area contributed by atoms with E-state index in [1.54, 1.807) is 0 Å². The van der Waals surface area contributed by atoms with E-state index in [2.05, 4.69) is 25.9 Å². The standard InChI is InChI=1S/C8H19N2.HI/c1-4-10(3)7-5-9(2)6-8-10;/h4-8H2,1-3H3;1H/q+1;/p-1. The summed E-state index contributed by atoms with van der Waals surface area (Å²) in [5.41, 5.74) is 0. The third-order valence-electron chi connectivity index (χ3n) is 2.81. The van der Waals surface area contributed by atoms with Crippen LogP contribution in [0.3, 0.4) is 0 Å². The maximum Gasteiger partial charge on any atom is 0.0914 e. The van der Waals surface area contributed by atoms with Gasteiger partial charge in [-0.1, -0.05) is 0 Å². The fraction of sp³-hybridized carbons (Fsp3) is 1.00. The average molecular weight is 270 g/mol. The van der Waals surface area contributed by atoms with Gasteiger partial charge < -0.3 is 28.5 Å². The number of nitrogens with zero attached hydrogens (tertiary/aromatic N) is 2. The van der Waals surface area contributed by atoms with Gasteiger partial charge in [0.2, 0.25) is 0 Å². The van der Waals surface area contributed by atoms with Crippen molar-refractivity contribution in [2.24, 2.45) is 0 Å². The molecular formula is C8H19IN2. The van der Waals surface area contributed by atoms with Crippen molar-refractivity contribution in [3.8, 4) is 0 Å². The molecule has 0 aliphatic carbocycles. The van der Waals surface area contributed by atoms with Crippen molar-refractivity contribution in [3.05, 3.63) is 0 Å². The van der Waals surface area contributed by atoms with Gasteiger partial charge in [0.05, 0.1) is 26.7 Å². The van der Waals surface area contributed by atoms with Gasteiger partial charge in [-0.2, -0.15) is 0 Å². The quantitative estimate of drug-likeness (QED) is 0.373. The lowest BCUT2D eigenvalue weighted by molar-refractivity contribution is -0.911. The van der Waals surface area contributed by atoms with Gasteiger partial charge in [0.1, 0.15) is 0 Å². The largest absolute Gasteiger partial charge is 1.00 e. The Morgan fingerprint density at radius 2 is 1.73 bits per heavy atom. The highest BCUT2D eigenvalue weighted by Crippen LogP contribution is 2.06. The van der Waals surface area contributed by atoms with Crippen LogP contribution in [0.1, 0.15) is 6.92 Å². The van der Waals surface area contributed by atoms with Crippen molar-refractivity contribution in [1.82, 2.24) is 4.90 Å². The van der Waals surface area contributed by atoms with Crippen LogP contribution >= 0.6 is 0 Å². The van der Waals surface area contributed by atoms with E-state index < -0.39 is 0 Å². The molecule has 1 fully saturated rings. The maximum absolute atomic E-state index is 2.41. The van der Waals surface area contributed by atoms with Crippen molar-refractivity contribution < 1.29 is 28.5 Å². The second kappa shape index (κ2) is 4.62. The Balaban J connectivity index is 0.000001000. The first kappa shape index (κ1) is 11.6. The van der Waals surface area contributed by atoms with Gasteiger partial charge in [0, 0.05) is 13.1 Å². The van der Waals surface area contributed by atoms with Gasteiger partial charge >= 0.3 is 0 Å². The lowest BCUT2D eigenvalue weighted by Crippen LogP contribution is -3.00. The Hall–Kier alpha value is 0.650. The number of likely N-dealkylation sites (N-methyl/N-ethyl adjacent to an activating group) is 2. The topological polar surface area (TPSA) is 3.24 Å². The van der Waals surface area contributed by atoms with E-state index in [-0.39, 0.29) is 24.0 Å². The zero-order valence-electron chi connectivity index (χ0n) is 7.81. The van der Waals surface area contributed by atoms with Gasteiger partial charge in [-0.3, -0.25) is 4.90 Å². The van der Waals surface area contributed by atoms with Gasteiger partial charge in [-0.15, -0.1) is 0 Å². The number of rotatable bonds is 1. The summed E-state index contributed by atoms with van der Waals surface area (Å²) in [4.78, 5) is 2.41. The predicted molar refractivity (Wildman–Crippen MR) is 44.0 cm³/mol. The van der Waals surface area contributed by atoms with Crippen LogP contribution in [0.2, 0.25) is 0 Å². The summed E-state index contributed by atoms with van der Waals surface area (Å²) >= 11 is 0. The van der Waals surface area contributed by atoms with Crippen molar-refractivity contribution in [2.75, 3.05) is 46.8 Å². The third kappa shape index (κ3) is 3.25. The van der Waals surface area contributed by atoms with E-state index in [1.807, 2.05) is 0 Å². The van der Waals surface area contributed by atoms with Crippen LogP contribution in [-0.4, -0.2) is 56.2 Å². The first-order valence-corrected chi connectivity index (χ1v) is 4.18. The highest BCUT2D eigenvalue weighted by Gasteiger charge is 2.24. The van der Waals surface area contributed by atoms with E-state index in [9.17, 15) is 0 Å². The number of piperazine rings is 1. The molecule has 0 amide bonds. The van der Waals surface area contributed by atoms with E-state index in [1.165, 1.54) is 37.2 Å². The maximum atomic E-state index is 2.41. The van der Waals surface area contributed by atoms with E-state index in [4.69, 9.17) is 0 Å². The highest BCUT2D eigenvalue weighted by molar-refractivity contribution is 4.56. The Morgan fingerprint density at radius 1 is 1.27 bits per heavy atom. The van der Waals surface area contributed by atoms with Gasteiger partial charge in [-0.25, -0.2) is 0 Å². The number of hydrogen-bond acceptors (Lipinski definition) is 1. The Bertz CT molecular complexity index is 109. The Kier molecular flexibility index (Phi) is 4.89. The molecule has 11 heavy (non-hydrogen) atoms. The van der Waals surface area contributed by atoms with Gasteiger partial charge in [0.15, 0.2) is 0 Å². The molecule has 1 saturated heterocycles. The molecule has 0 N–H and O–H groups in total. The molecule has 1 aliphatic heterocycles. The molecule has 0 aromatic carbocycles. The SMILES string of the molecule is CC[N+]1(C)CCN(C)CC1.[I-]. The normalized spacial score (nSPS) is 24.3. The minimum absolute atomic E-state index is 0. The van der Waals surface area contributed by atoms with Crippen LogP contribution in [0.15, 0.2) is 0 Å². The predicted octanol–water partition coefficient (Wildman–Crippen LogP) is -2.60. The molecule has 1 aliphatic rings. The molecular weight excluding hydrogens is 251 g/mol. The van der Waals surface area contributed by atoms with Crippen LogP contribution in [0.4, 0.5) is 0 Å². The smallest absolute Gasteiger partial charge is 0.0914 e. The summed E-state index contributed by atoms with van der Waals surface area (Å²) in [5.74, 6) is 0. The molecule has 68 valence electrons. The minimum Gasteiger partial charge on any atom is -1.00 e. The zero-order chi connectivity index (χ0) is 7.61. The van der Waals surface area contributed by atoms with Crippen molar-refractivity contribution in [3.63, 3.8) is 0 Å². The van der Waals surface area contributed by atoms with E-state index in [0.717, 1.165) is 0 Å². The van der Waals surface area contributed by atoms with Crippen LogP contribution in [0.5, 0.6) is 0 Å². The first-order chi connectivity index (χ1) is 4.66. The lowest BCUT2D eigenvalue weighted by atomic mass is 10.3. The number of halogens is 1. The Labute approximate surface area is 87.2 Å². The van der Waals surface area contributed by atoms with Gasteiger partial charge in [-0.05, 0) is 14.0 Å². The molecule has 0 aromatic heterocycles. The third-order valence-corrected chi connectivity index (χ3v) is 2.81. The molecule has 0 radical (unpaired) electrons. The Morgan fingerprint density at radius 3 is 2.09 bits per heavy atom. The minimum atomic E-state index is 0. The molecule has 1 heterocycles. The van der Waals surface area contributed by atoms with Crippen LogP contribution in [0, 0.1) is 0 Å². The second-order valence-corrected chi connectivity index (χ2v) is 3.69. The fourth-order valence-electron chi connectivity index (χ4n) is 1.36. The summed E-state index contributed by atoms with van der Waals surface area (Å²) in [6, 6.07) is 0. The summed E-state index contributed by atoms with van der Waals surface area (Å²) in [5, 5.41) is 0. The molecule has 0 saturated carbocycles. The second-order valence-electron chi connectivity index (χ2n) is 3.69. The van der Waals surface area contributed by atoms with Crippen LogP contribution in [0.25, 0.3) is 0 Å². The molecule has 0 atom stereocenters. The van der Waals surface area contributed by atoms with Crippen LogP contribution in [-0.2, 0) is 0 Å². The van der Waals surface area contributed by atoms with Crippen molar-refractivity contribution >= 4 is 0 Å². The first-order valence-electron chi connectivity index (χ1n) is 4.18. The van der Waals surface area contributed by atoms with E-state index in [0.29, 0.717) is 0 Å². The highest BCUT2D eigenvalue weighted by atomic mass is 127. The summed E-state index contributed by atoms with van der Waals surface area (Å²) in [7, 11) is 4.56. The zero-order valence-corrected chi connectivity index (χ0v) is 9.97. The van der Waals surface area contributed by atoms with Crippen LogP contribution < -0.4 is 24.0 Å². The molecule has 0 unspecified atom stereocenters. The number of hydrogen-bond donors (Lipinski definition) is 0. The van der Waals surface area contributed by atoms with E-state index >= 15 is 0 Å². The van der Waals surface area contributed by atoms with Crippen molar-refractivity contribution in [2.45, 2.75) is 6.92 Å².